The molecule has 1 saturated heterocycles. The highest BCUT2D eigenvalue weighted by atomic mass is 19.1. The van der Waals surface area contributed by atoms with E-state index in [-0.39, 0.29) is 5.82 Å². The predicted molar refractivity (Wildman–Crippen MR) is 67.8 cm³/mol. The summed E-state index contributed by atoms with van der Waals surface area (Å²) in [5, 5.41) is 0.621. The molecular weight excluding hydrogens is 215 g/mol. The van der Waals surface area contributed by atoms with Crippen molar-refractivity contribution in [1.29, 1.82) is 0 Å². The number of anilines is 1. The third-order valence-electron chi connectivity index (χ3n) is 3.39. The molecule has 1 aliphatic rings. The number of halogens is 1. The van der Waals surface area contributed by atoms with Gasteiger partial charge in [0.15, 0.2) is 0 Å². The second-order valence-electron chi connectivity index (χ2n) is 4.51. The molecule has 2 heterocycles. The Morgan fingerprint density at radius 2 is 1.88 bits per heavy atom. The van der Waals surface area contributed by atoms with Gasteiger partial charge >= 0.3 is 0 Å². The third kappa shape index (κ3) is 1.86. The molecule has 0 bridgehead atoms. The van der Waals surface area contributed by atoms with Gasteiger partial charge < -0.3 is 4.90 Å². The molecule has 1 fully saturated rings. The first-order valence-electron chi connectivity index (χ1n) is 6.14. The quantitative estimate of drug-likeness (QED) is 0.746. The summed E-state index contributed by atoms with van der Waals surface area (Å²) in [5.74, 6) is -0.186. The van der Waals surface area contributed by atoms with E-state index in [2.05, 4.69) is 9.88 Å². The van der Waals surface area contributed by atoms with Crippen LogP contribution in [0.2, 0.25) is 0 Å². The van der Waals surface area contributed by atoms with Gasteiger partial charge in [-0.05, 0) is 43.5 Å². The molecule has 17 heavy (non-hydrogen) atoms. The number of pyridine rings is 1. The number of rotatable bonds is 1. The second-order valence-corrected chi connectivity index (χ2v) is 4.51. The topological polar surface area (TPSA) is 16.1 Å². The molecule has 0 N–H and O–H groups in total. The summed E-state index contributed by atoms with van der Waals surface area (Å²) in [6, 6.07) is 6.99. The summed E-state index contributed by atoms with van der Waals surface area (Å²) in [7, 11) is 0. The highest BCUT2D eigenvalue weighted by Gasteiger charge is 2.15. The van der Waals surface area contributed by atoms with Crippen LogP contribution in [0, 0.1) is 5.82 Å². The highest BCUT2D eigenvalue weighted by molar-refractivity contribution is 5.91. The molecule has 0 saturated carbocycles. The second kappa shape index (κ2) is 4.32. The molecule has 0 aliphatic carbocycles. The molecule has 1 aromatic carbocycles. The number of piperidine rings is 1. The average molecular weight is 230 g/mol. The van der Waals surface area contributed by atoms with Crippen LogP contribution in [0.15, 0.2) is 30.5 Å². The molecular formula is C14H15FN2. The van der Waals surface area contributed by atoms with Crippen LogP contribution in [0.25, 0.3) is 10.9 Å². The Labute approximate surface area is 100 Å². The maximum atomic E-state index is 13.7. The van der Waals surface area contributed by atoms with Crippen LogP contribution in [0.4, 0.5) is 10.1 Å². The van der Waals surface area contributed by atoms with E-state index in [1.165, 1.54) is 19.3 Å². The molecule has 0 spiro atoms. The largest absolute Gasteiger partial charge is 0.370 e. The molecule has 2 nitrogen and oxygen atoms in total. The van der Waals surface area contributed by atoms with Crippen LogP contribution in [0.1, 0.15) is 19.3 Å². The lowest BCUT2D eigenvalue weighted by atomic mass is 10.1. The predicted octanol–water partition coefficient (Wildman–Crippen LogP) is 3.36. The summed E-state index contributed by atoms with van der Waals surface area (Å²) >= 11 is 0. The minimum Gasteiger partial charge on any atom is -0.370 e. The van der Waals surface area contributed by atoms with Gasteiger partial charge in [0.05, 0.1) is 11.2 Å². The number of hydrogen-bond acceptors (Lipinski definition) is 2. The van der Waals surface area contributed by atoms with Gasteiger partial charge in [-0.1, -0.05) is 0 Å². The Morgan fingerprint density at radius 3 is 2.71 bits per heavy atom. The lowest BCUT2D eigenvalue weighted by Crippen LogP contribution is -2.29. The van der Waals surface area contributed by atoms with Crippen molar-refractivity contribution < 1.29 is 4.39 Å². The van der Waals surface area contributed by atoms with Crippen LogP contribution in [-0.2, 0) is 0 Å². The standard InChI is InChI=1S/C14H15FN2/c15-12-6-7-13(17-9-2-1-3-10-17)14-11(12)5-4-8-16-14/h4-8H,1-3,9-10H2. The lowest BCUT2D eigenvalue weighted by Gasteiger charge is -2.29. The van der Waals surface area contributed by atoms with E-state index in [0.717, 1.165) is 24.3 Å². The van der Waals surface area contributed by atoms with Crippen molar-refractivity contribution in [2.75, 3.05) is 18.0 Å². The summed E-state index contributed by atoms with van der Waals surface area (Å²) in [6.45, 7) is 2.11. The van der Waals surface area contributed by atoms with Crippen molar-refractivity contribution in [3.05, 3.63) is 36.3 Å². The van der Waals surface area contributed by atoms with E-state index in [1.54, 1.807) is 24.4 Å². The van der Waals surface area contributed by atoms with Gasteiger partial charge in [-0.2, -0.15) is 0 Å². The molecule has 3 rings (SSSR count). The number of aromatic nitrogens is 1. The van der Waals surface area contributed by atoms with Crippen molar-refractivity contribution >= 4 is 16.6 Å². The molecule has 1 aliphatic heterocycles. The summed E-state index contributed by atoms with van der Waals surface area (Å²) in [6.07, 6.45) is 5.45. The fourth-order valence-electron chi connectivity index (χ4n) is 2.51. The van der Waals surface area contributed by atoms with Gasteiger partial charge in [0.2, 0.25) is 0 Å². The molecule has 0 unspecified atom stereocenters. The smallest absolute Gasteiger partial charge is 0.132 e. The molecule has 0 radical (unpaired) electrons. The zero-order valence-corrected chi connectivity index (χ0v) is 9.69. The van der Waals surface area contributed by atoms with E-state index >= 15 is 0 Å². The van der Waals surface area contributed by atoms with E-state index in [1.807, 2.05) is 6.07 Å². The number of benzene rings is 1. The van der Waals surface area contributed by atoms with Crippen LogP contribution in [0.3, 0.4) is 0 Å². The maximum Gasteiger partial charge on any atom is 0.132 e. The Morgan fingerprint density at radius 1 is 1.06 bits per heavy atom. The minimum absolute atomic E-state index is 0.186. The first-order chi connectivity index (χ1) is 8.36. The summed E-state index contributed by atoms with van der Waals surface area (Å²) in [5.41, 5.74) is 1.86. The van der Waals surface area contributed by atoms with Gasteiger partial charge in [0, 0.05) is 24.7 Å². The van der Waals surface area contributed by atoms with E-state index < -0.39 is 0 Å². The van der Waals surface area contributed by atoms with Crippen LogP contribution in [0.5, 0.6) is 0 Å². The molecule has 2 aromatic rings. The Kier molecular flexibility index (Phi) is 2.67. The van der Waals surface area contributed by atoms with Crippen molar-refractivity contribution in [2.24, 2.45) is 0 Å². The SMILES string of the molecule is Fc1ccc(N2CCCCC2)c2ncccc12. The van der Waals surface area contributed by atoms with Gasteiger partial charge in [0.25, 0.3) is 0 Å². The fourth-order valence-corrected chi connectivity index (χ4v) is 2.51. The van der Waals surface area contributed by atoms with E-state index in [9.17, 15) is 4.39 Å². The van der Waals surface area contributed by atoms with Crippen LogP contribution < -0.4 is 4.90 Å². The highest BCUT2D eigenvalue weighted by Crippen LogP contribution is 2.28. The molecule has 1 aromatic heterocycles. The summed E-state index contributed by atoms with van der Waals surface area (Å²) in [4.78, 5) is 6.65. The first-order valence-corrected chi connectivity index (χ1v) is 6.14. The van der Waals surface area contributed by atoms with Crippen LogP contribution in [-0.4, -0.2) is 18.1 Å². The number of hydrogen-bond donors (Lipinski definition) is 0. The zero-order valence-electron chi connectivity index (χ0n) is 9.69. The van der Waals surface area contributed by atoms with Crippen molar-refractivity contribution in [2.45, 2.75) is 19.3 Å². The Bertz CT molecular complexity index is 533. The fraction of sp³-hybridized carbons (Fsp3) is 0.357. The Hall–Kier alpha value is -1.64. The summed E-state index contributed by atoms with van der Waals surface area (Å²) < 4.78 is 13.7. The third-order valence-corrected chi connectivity index (χ3v) is 3.39. The monoisotopic (exact) mass is 230 g/mol. The Balaban J connectivity index is 2.12. The van der Waals surface area contributed by atoms with Gasteiger partial charge in [-0.15, -0.1) is 0 Å². The molecule has 0 amide bonds. The lowest BCUT2D eigenvalue weighted by molar-refractivity contribution is 0.578. The number of nitrogens with zero attached hydrogens (tertiary/aromatic N) is 2. The van der Waals surface area contributed by atoms with E-state index in [4.69, 9.17) is 0 Å². The number of fused-ring (bicyclic) bond motifs is 1. The van der Waals surface area contributed by atoms with E-state index in [0.29, 0.717) is 5.39 Å². The normalized spacial score (nSPS) is 16.4. The van der Waals surface area contributed by atoms with Crippen LogP contribution >= 0.6 is 0 Å². The van der Waals surface area contributed by atoms with Gasteiger partial charge in [-0.25, -0.2) is 4.39 Å². The minimum atomic E-state index is -0.186. The van der Waals surface area contributed by atoms with Gasteiger partial charge in [-0.3, -0.25) is 4.98 Å². The molecule has 88 valence electrons. The van der Waals surface area contributed by atoms with Gasteiger partial charge in [0.1, 0.15) is 5.82 Å². The molecule has 0 atom stereocenters. The first kappa shape index (κ1) is 10.5. The zero-order chi connectivity index (χ0) is 11.7. The maximum absolute atomic E-state index is 13.7. The molecule has 3 heteroatoms. The average Bonchev–Trinajstić information content (AvgIpc) is 2.41. The van der Waals surface area contributed by atoms with Crippen molar-refractivity contribution in [1.82, 2.24) is 4.98 Å². The van der Waals surface area contributed by atoms with Crippen molar-refractivity contribution in [3.63, 3.8) is 0 Å². The van der Waals surface area contributed by atoms with Crippen molar-refractivity contribution in [3.8, 4) is 0 Å².